The van der Waals surface area contributed by atoms with Crippen LogP contribution in [0.25, 0.3) is 0 Å². The second-order valence-electron chi connectivity index (χ2n) is 5.38. The molecule has 0 saturated carbocycles. The molecule has 1 aliphatic heterocycles. The van der Waals surface area contributed by atoms with Crippen molar-refractivity contribution in [2.45, 2.75) is 38.8 Å². The van der Waals surface area contributed by atoms with E-state index in [1.54, 1.807) is 0 Å². The molecule has 1 aliphatic rings. The minimum atomic E-state index is -0.720. The maximum atomic E-state index is 10.7. The predicted octanol–water partition coefficient (Wildman–Crippen LogP) is 2.03. The summed E-state index contributed by atoms with van der Waals surface area (Å²) in [7, 11) is 0. The van der Waals surface area contributed by atoms with Crippen LogP contribution in [0.15, 0.2) is 24.3 Å². The lowest BCUT2D eigenvalue weighted by Crippen LogP contribution is -2.55. The summed E-state index contributed by atoms with van der Waals surface area (Å²) in [5.41, 5.74) is 2.49. The van der Waals surface area contributed by atoms with Crippen LogP contribution >= 0.6 is 0 Å². The number of carboxylic acid groups (broad SMARTS) is 1. The summed E-state index contributed by atoms with van der Waals surface area (Å²) < 4.78 is 0. The van der Waals surface area contributed by atoms with E-state index in [0.717, 1.165) is 13.1 Å². The number of hydrogen-bond acceptors (Lipinski definition) is 3. The van der Waals surface area contributed by atoms with Gasteiger partial charge in [0.2, 0.25) is 0 Å². The summed E-state index contributed by atoms with van der Waals surface area (Å²) in [4.78, 5) is 13.0. The molecule has 0 aromatic heterocycles. The third-order valence-corrected chi connectivity index (χ3v) is 3.69. The van der Waals surface area contributed by atoms with Gasteiger partial charge in [-0.2, -0.15) is 0 Å². The highest BCUT2D eigenvalue weighted by Crippen LogP contribution is 2.21. The Kier molecular flexibility index (Phi) is 4.43. The number of carbonyl (C=O) groups is 1. The highest BCUT2D eigenvalue weighted by atomic mass is 16.4. The number of nitrogens with zero attached hydrogens (tertiary/aromatic N) is 1. The number of anilines is 1. The van der Waals surface area contributed by atoms with Gasteiger partial charge in [0.05, 0.1) is 0 Å². The Morgan fingerprint density at radius 3 is 3.00 bits per heavy atom. The second-order valence-corrected chi connectivity index (χ2v) is 5.38. The zero-order valence-corrected chi connectivity index (χ0v) is 11.6. The third-order valence-electron chi connectivity index (χ3n) is 3.69. The zero-order chi connectivity index (χ0) is 13.8. The van der Waals surface area contributed by atoms with Gasteiger partial charge in [-0.1, -0.05) is 12.1 Å². The molecule has 4 heteroatoms. The highest BCUT2D eigenvalue weighted by molar-refractivity contribution is 5.66. The molecule has 1 aromatic rings. The Bertz CT molecular complexity index is 448. The van der Waals surface area contributed by atoms with Gasteiger partial charge < -0.3 is 15.3 Å². The lowest BCUT2D eigenvalue weighted by atomic mass is 10.0. The molecule has 1 fully saturated rings. The summed E-state index contributed by atoms with van der Waals surface area (Å²) in [5.74, 6) is -0.720. The highest BCUT2D eigenvalue weighted by Gasteiger charge is 2.25. The van der Waals surface area contributed by atoms with Gasteiger partial charge in [0.25, 0.3) is 0 Å². The zero-order valence-electron chi connectivity index (χ0n) is 11.6. The van der Waals surface area contributed by atoms with E-state index >= 15 is 0 Å². The fourth-order valence-corrected chi connectivity index (χ4v) is 2.59. The number of aryl methyl sites for hydroxylation is 1. The van der Waals surface area contributed by atoms with Crippen LogP contribution in [0.2, 0.25) is 0 Å². The molecule has 2 unspecified atom stereocenters. The lowest BCUT2D eigenvalue weighted by Gasteiger charge is -2.40. The third kappa shape index (κ3) is 3.70. The molecule has 0 aliphatic carbocycles. The van der Waals surface area contributed by atoms with E-state index in [4.69, 9.17) is 5.11 Å². The van der Waals surface area contributed by atoms with Crippen LogP contribution in [0, 0.1) is 6.92 Å². The van der Waals surface area contributed by atoms with Gasteiger partial charge in [-0.25, -0.2) is 0 Å². The molecule has 2 atom stereocenters. The topological polar surface area (TPSA) is 52.6 Å². The van der Waals surface area contributed by atoms with Crippen LogP contribution in [-0.2, 0) is 4.79 Å². The first-order chi connectivity index (χ1) is 9.06. The molecule has 1 heterocycles. The summed E-state index contributed by atoms with van der Waals surface area (Å²) in [5, 5.41) is 12.2. The van der Waals surface area contributed by atoms with E-state index in [-0.39, 0.29) is 12.5 Å². The van der Waals surface area contributed by atoms with Crippen molar-refractivity contribution in [1.82, 2.24) is 5.32 Å². The van der Waals surface area contributed by atoms with Gasteiger partial charge in [0, 0.05) is 37.3 Å². The van der Waals surface area contributed by atoms with Crippen LogP contribution in [0.5, 0.6) is 0 Å². The maximum absolute atomic E-state index is 10.7. The molecule has 0 radical (unpaired) electrons. The van der Waals surface area contributed by atoms with Crippen molar-refractivity contribution in [2.24, 2.45) is 0 Å². The fraction of sp³-hybridized carbons (Fsp3) is 0.533. The number of piperazine rings is 1. The normalized spacial score (nSPS) is 23.4. The number of carboxylic acids is 1. The van der Waals surface area contributed by atoms with Crippen molar-refractivity contribution in [3.05, 3.63) is 29.8 Å². The van der Waals surface area contributed by atoms with Crippen molar-refractivity contribution < 1.29 is 9.90 Å². The van der Waals surface area contributed by atoms with Gasteiger partial charge >= 0.3 is 5.97 Å². The van der Waals surface area contributed by atoms with Crippen molar-refractivity contribution >= 4 is 11.7 Å². The lowest BCUT2D eigenvalue weighted by molar-refractivity contribution is -0.137. The largest absolute Gasteiger partial charge is 0.481 e. The fourth-order valence-electron chi connectivity index (χ4n) is 2.59. The Hall–Kier alpha value is -1.55. The van der Waals surface area contributed by atoms with E-state index in [1.165, 1.54) is 11.3 Å². The molecular formula is C15H22N2O2. The van der Waals surface area contributed by atoms with E-state index in [2.05, 4.69) is 48.3 Å². The minimum Gasteiger partial charge on any atom is -0.481 e. The van der Waals surface area contributed by atoms with Crippen LogP contribution in [-0.4, -0.2) is 36.2 Å². The Morgan fingerprint density at radius 1 is 1.53 bits per heavy atom. The molecule has 1 aromatic carbocycles. The van der Waals surface area contributed by atoms with Gasteiger partial charge in [-0.15, -0.1) is 0 Å². The first-order valence-electron chi connectivity index (χ1n) is 6.85. The second kappa shape index (κ2) is 6.06. The quantitative estimate of drug-likeness (QED) is 0.871. The smallest absolute Gasteiger partial charge is 0.303 e. The molecule has 2 N–H and O–H groups in total. The van der Waals surface area contributed by atoms with Crippen molar-refractivity contribution in [3.8, 4) is 0 Å². The summed E-state index contributed by atoms with van der Waals surface area (Å²) in [6.07, 6.45) is 0.915. The number of rotatable bonds is 4. The average molecular weight is 262 g/mol. The van der Waals surface area contributed by atoms with Crippen molar-refractivity contribution in [3.63, 3.8) is 0 Å². The maximum Gasteiger partial charge on any atom is 0.303 e. The van der Waals surface area contributed by atoms with Crippen LogP contribution < -0.4 is 10.2 Å². The van der Waals surface area contributed by atoms with E-state index < -0.39 is 5.97 Å². The first kappa shape index (κ1) is 13.9. The Labute approximate surface area is 114 Å². The van der Waals surface area contributed by atoms with Crippen LogP contribution in [0.1, 0.15) is 25.3 Å². The molecule has 0 amide bonds. The van der Waals surface area contributed by atoms with Gasteiger partial charge in [-0.3, -0.25) is 4.79 Å². The number of hydrogen-bond donors (Lipinski definition) is 2. The van der Waals surface area contributed by atoms with E-state index in [1.807, 2.05) is 0 Å². The Balaban J connectivity index is 2.04. The molecule has 0 spiro atoms. The predicted molar refractivity (Wildman–Crippen MR) is 76.6 cm³/mol. The van der Waals surface area contributed by atoms with Crippen LogP contribution in [0.4, 0.5) is 5.69 Å². The summed E-state index contributed by atoms with van der Waals surface area (Å²) in [6, 6.07) is 9.18. The molecule has 4 nitrogen and oxygen atoms in total. The number of nitrogens with one attached hydrogen (secondary N) is 1. The summed E-state index contributed by atoms with van der Waals surface area (Å²) >= 11 is 0. The number of aliphatic carboxylic acids is 1. The minimum absolute atomic E-state index is 0.230. The Morgan fingerprint density at radius 2 is 2.32 bits per heavy atom. The van der Waals surface area contributed by atoms with Gasteiger partial charge in [0.1, 0.15) is 0 Å². The summed E-state index contributed by atoms with van der Waals surface area (Å²) in [6.45, 7) is 6.07. The molecule has 1 saturated heterocycles. The molecule has 19 heavy (non-hydrogen) atoms. The monoisotopic (exact) mass is 262 g/mol. The van der Waals surface area contributed by atoms with Crippen molar-refractivity contribution in [2.75, 3.05) is 18.0 Å². The van der Waals surface area contributed by atoms with Gasteiger partial charge in [0.15, 0.2) is 0 Å². The average Bonchev–Trinajstić information content (AvgIpc) is 2.37. The van der Waals surface area contributed by atoms with Crippen molar-refractivity contribution in [1.29, 1.82) is 0 Å². The number of benzene rings is 1. The molecular weight excluding hydrogens is 240 g/mol. The van der Waals surface area contributed by atoms with E-state index in [0.29, 0.717) is 12.5 Å². The van der Waals surface area contributed by atoms with Crippen LogP contribution in [0.3, 0.4) is 0 Å². The van der Waals surface area contributed by atoms with Gasteiger partial charge in [-0.05, 0) is 38.0 Å². The first-order valence-corrected chi connectivity index (χ1v) is 6.85. The molecule has 2 rings (SSSR count). The standard InChI is InChI=1S/C15H22N2O2/c1-11-4-3-5-14(8-11)17-10-13(6-7-15(18)19)16-9-12(17)2/h3-5,8,12-13,16H,6-7,9-10H2,1-2H3,(H,18,19). The molecule has 0 bridgehead atoms. The van der Waals surface area contributed by atoms with E-state index in [9.17, 15) is 4.79 Å². The SMILES string of the molecule is Cc1cccc(N2CC(CCC(=O)O)NCC2C)c1. The molecule has 104 valence electrons.